The van der Waals surface area contributed by atoms with Gasteiger partial charge in [0, 0.05) is 6.42 Å². The van der Waals surface area contributed by atoms with E-state index in [0.717, 1.165) is 24.8 Å². The van der Waals surface area contributed by atoms with Gasteiger partial charge >= 0.3 is 0 Å². The number of ketones is 1. The van der Waals surface area contributed by atoms with Gasteiger partial charge in [-0.2, -0.15) is 0 Å². The molecule has 1 rings (SSSR count). The topological polar surface area (TPSA) is 46.5 Å². The van der Waals surface area contributed by atoms with Crippen LogP contribution in [0.4, 0.5) is 0 Å². The van der Waals surface area contributed by atoms with Gasteiger partial charge in [0.15, 0.2) is 5.78 Å². The van der Waals surface area contributed by atoms with E-state index in [1.165, 1.54) is 0 Å². The van der Waals surface area contributed by atoms with Gasteiger partial charge in [-0.15, -0.1) is 0 Å². The number of Topliss-reactive ketones (excluding diaryl/α,β-unsaturated/α-hetero) is 1. The van der Waals surface area contributed by atoms with Crippen molar-refractivity contribution >= 4 is 5.78 Å². The lowest BCUT2D eigenvalue weighted by molar-refractivity contribution is 0.0985. The Hall–Kier alpha value is -1.51. The minimum absolute atomic E-state index is 0.0493. The maximum Gasteiger partial charge on any atom is 0.166 e. The molecular weight excluding hydrogens is 228 g/mol. The molecule has 0 aliphatic rings. The highest BCUT2D eigenvalue weighted by Gasteiger charge is 2.15. The number of carbonyl (C=O) groups is 1. The van der Waals surface area contributed by atoms with E-state index in [4.69, 9.17) is 4.74 Å². The van der Waals surface area contributed by atoms with Crippen LogP contribution in [0.2, 0.25) is 0 Å². The van der Waals surface area contributed by atoms with Crippen molar-refractivity contribution in [2.45, 2.75) is 46.5 Å². The van der Waals surface area contributed by atoms with E-state index in [1.807, 2.05) is 19.9 Å². The molecule has 0 aliphatic carbocycles. The molecule has 0 unspecified atom stereocenters. The number of hydrogen-bond acceptors (Lipinski definition) is 3. The molecule has 0 saturated heterocycles. The standard InChI is InChI=1S/C15H22O3/c1-4-7-11-9-12(18-8-5-2)10-13(15(11)17)14(16)6-3/h9-10,17H,4-8H2,1-3H3. The zero-order chi connectivity index (χ0) is 13.5. The van der Waals surface area contributed by atoms with E-state index in [1.54, 1.807) is 13.0 Å². The molecule has 0 fully saturated rings. The highest BCUT2D eigenvalue weighted by molar-refractivity contribution is 5.99. The third kappa shape index (κ3) is 3.49. The van der Waals surface area contributed by atoms with Crippen molar-refractivity contribution in [2.75, 3.05) is 6.61 Å². The summed E-state index contributed by atoms with van der Waals surface area (Å²) in [5, 5.41) is 10.1. The summed E-state index contributed by atoms with van der Waals surface area (Å²) in [5.41, 5.74) is 1.18. The fourth-order valence-corrected chi connectivity index (χ4v) is 1.83. The van der Waals surface area contributed by atoms with Crippen LogP contribution in [-0.4, -0.2) is 17.5 Å². The molecule has 0 atom stereocenters. The lowest BCUT2D eigenvalue weighted by Gasteiger charge is -2.12. The minimum atomic E-state index is -0.0493. The molecule has 1 N–H and O–H groups in total. The SMILES string of the molecule is CCCOc1cc(CCC)c(O)c(C(=O)CC)c1. The van der Waals surface area contributed by atoms with Crippen molar-refractivity contribution in [1.29, 1.82) is 0 Å². The average Bonchev–Trinajstić information content (AvgIpc) is 2.38. The summed E-state index contributed by atoms with van der Waals surface area (Å²) in [4.78, 5) is 11.8. The molecule has 0 aliphatic heterocycles. The molecular formula is C15H22O3. The summed E-state index contributed by atoms with van der Waals surface area (Å²) in [6.45, 7) is 6.49. The zero-order valence-electron chi connectivity index (χ0n) is 11.5. The number of hydrogen-bond donors (Lipinski definition) is 1. The van der Waals surface area contributed by atoms with Crippen molar-refractivity contribution < 1.29 is 14.6 Å². The Balaban J connectivity index is 3.14. The molecule has 0 radical (unpaired) electrons. The first-order valence-corrected chi connectivity index (χ1v) is 6.65. The summed E-state index contributed by atoms with van der Waals surface area (Å²) >= 11 is 0. The number of benzene rings is 1. The predicted octanol–water partition coefficient (Wildman–Crippen LogP) is 3.73. The average molecular weight is 250 g/mol. The smallest absolute Gasteiger partial charge is 0.166 e. The molecule has 3 heteroatoms. The van der Waals surface area contributed by atoms with Gasteiger partial charge in [0.05, 0.1) is 12.2 Å². The van der Waals surface area contributed by atoms with Crippen LogP contribution in [0.1, 0.15) is 56.0 Å². The lowest BCUT2D eigenvalue weighted by atomic mass is 10.0. The first kappa shape index (κ1) is 14.6. The fourth-order valence-electron chi connectivity index (χ4n) is 1.83. The van der Waals surface area contributed by atoms with E-state index < -0.39 is 0 Å². The van der Waals surface area contributed by atoms with E-state index in [9.17, 15) is 9.90 Å². The normalized spacial score (nSPS) is 10.4. The lowest BCUT2D eigenvalue weighted by Crippen LogP contribution is -2.03. The zero-order valence-corrected chi connectivity index (χ0v) is 11.5. The van der Waals surface area contributed by atoms with Gasteiger partial charge in [0.1, 0.15) is 11.5 Å². The van der Waals surface area contributed by atoms with Crippen LogP contribution in [0, 0.1) is 0 Å². The Morgan fingerprint density at radius 2 is 1.94 bits per heavy atom. The summed E-state index contributed by atoms with van der Waals surface area (Å²) in [5.74, 6) is 0.745. The van der Waals surface area contributed by atoms with Crippen molar-refractivity contribution in [1.82, 2.24) is 0 Å². The molecule has 0 spiro atoms. The number of aryl methyl sites for hydroxylation is 1. The van der Waals surface area contributed by atoms with E-state index in [0.29, 0.717) is 24.3 Å². The molecule has 0 heterocycles. The molecule has 1 aromatic rings. The third-order valence-electron chi connectivity index (χ3n) is 2.78. The molecule has 0 bridgehead atoms. The molecule has 18 heavy (non-hydrogen) atoms. The maximum absolute atomic E-state index is 11.8. The second kappa shape index (κ2) is 7.04. The summed E-state index contributed by atoms with van der Waals surface area (Å²) in [6.07, 6.45) is 2.97. The summed E-state index contributed by atoms with van der Waals surface area (Å²) < 4.78 is 5.57. The fraction of sp³-hybridized carbons (Fsp3) is 0.533. The number of phenols is 1. The highest BCUT2D eigenvalue weighted by atomic mass is 16.5. The Bertz CT molecular complexity index is 410. The number of aromatic hydroxyl groups is 1. The van der Waals surface area contributed by atoms with E-state index in [2.05, 4.69) is 0 Å². The molecule has 0 saturated carbocycles. The van der Waals surface area contributed by atoms with Gasteiger partial charge in [-0.05, 0) is 30.5 Å². The Kier molecular flexibility index (Phi) is 5.69. The van der Waals surface area contributed by atoms with Crippen LogP contribution in [0.5, 0.6) is 11.5 Å². The first-order chi connectivity index (χ1) is 8.63. The van der Waals surface area contributed by atoms with Crippen LogP contribution in [0.15, 0.2) is 12.1 Å². The summed E-state index contributed by atoms with van der Waals surface area (Å²) in [7, 11) is 0. The molecule has 0 aromatic heterocycles. The highest BCUT2D eigenvalue weighted by Crippen LogP contribution is 2.30. The number of carbonyl (C=O) groups excluding carboxylic acids is 1. The van der Waals surface area contributed by atoms with Crippen LogP contribution in [-0.2, 0) is 6.42 Å². The third-order valence-corrected chi connectivity index (χ3v) is 2.78. The van der Waals surface area contributed by atoms with Crippen LogP contribution < -0.4 is 4.74 Å². The van der Waals surface area contributed by atoms with Gasteiger partial charge in [0.2, 0.25) is 0 Å². The second-order valence-corrected chi connectivity index (χ2v) is 4.35. The van der Waals surface area contributed by atoms with Crippen LogP contribution >= 0.6 is 0 Å². The largest absolute Gasteiger partial charge is 0.507 e. The maximum atomic E-state index is 11.8. The summed E-state index contributed by atoms with van der Waals surface area (Å²) in [6, 6.07) is 3.48. The van der Waals surface area contributed by atoms with Crippen molar-refractivity contribution in [2.24, 2.45) is 0 Å². The van der Waals surface area contributed by atoms with Gasteiger partial charge in [0.25, 0.3) is 0 Å². The van der Waals surface area contributed by atoms with Crippen molar-refractivity contribution in [3.63, 3.8) is 0 Å². The quantitative estimate of drug-likeness (QED) is 0.750. The van der Waals surface area contributed by atoms with Crippen LogP contribution in [0.25, 0.3) is 0 Å². The van der Waals surface area contributed by atoms with E-state index >= 15 is 0 Å². The molecule has 100 valence electrons. The Morgan fingerprint density at radius 1 is 1.22 bits per heavy atom. The molecule has 1 aromatic carbocycles. The van der Waals surface area contributed by atoms with Gasteiger partial charge < -0.3 is 9.84 Å². The second-order valence-electron chi connectivity index (χ2n) is 4.35. The van der Waals surface area contributed by atoms with E-state index in [-0.39, 0.29) is 11.5 Å². The van der Waals surface area contributed by atoms with Crippen molar-refractivity contribution in [3.05, 3.63) is 23.3 Å². The molecule has 3 nitrogen and oxygen atoms in total. The first-order valence-electron chi connectivity index (χ1n) is 6.65. The Morgan fingerprint density at radius 3 is 2.50 bits per heavy atom. The predicted molar refractivity (Wildman–Crippen MR) is 72.5 cm³/mol. The van der Waals surface area contributed by atoms with Gasteiger partial charge in [-0.25, -0.2) is 0 Å². The molecule has 0 amide bonds. The Labute approximate surface area is 109 Å². The number of phenolic OH excluding ortho intramolecular Hbond substituents is 1. The number of ether oxygens (including phenoxy) is 1. The van der Waals surface area contributed by atoms with Gasteiger partial charge in [-0.1, -0.05) is 27.2 Å². The number of rotatable bonds is 7. The minimum Gasteiger partial charge on any atom is -0.507 e. The van der Waals surface area contributed by atoms with Gasteiger partial charge in [-0.3, -0.25) is 4.79 Å². The monoisotopic (exact) mass is 250 g/mol. The van der Waals surface area contributed by atoms with Crippen molar-refractivity contribution in [3.8, 4) is 11.5 Å². The van der Waals surface area contributed by atoms with Crippen LogP contribution in [0.3, 0.4) is 0 Å².